The monoisotopic (exact) mass is 347 g/mol. The molecule has 24 heavy (non-hydrogen) atoms. The summed E-state index contributed by atoms with van der Waals surface area (Å²) >= 11 is 5.98. The summed E-state index contributed by atoms with van der Waals surface area (Å²) < 4.78 is 0. The number of hydrogen-bond donors (Lipinski definition) is 2. The molecule has 132 valence electrons. The number of aliphatic hydroxyl groups is 1. The molecule has 2 N–H and O–H groups in total. The molecular weight excluding hydrogens is 318 g/mol. The standard InChI is InChI=1S/C21H30ClNO/c1-14(7-16-3-5-19(22)6-4-16)23-15(2)20-9-17-8-18(10-20)12-21(24,11-17)13-20/h3-6,14-15,17-18,23-24H,7-13H2,1-2H3/t14-,15+,17-,18-,20?,21?/m0/s1. The van der Waals surface area contributed by atoms with Crippen molar-refractivity contribution < 1.29 is 5.11 Å². The Kier molecular flexibility index (Phi) is 4.22. The molecule has 1 aromatic carbocycles. The molecule has 2 nitrogen and oxygen atoms in total. The third-order valence-corrected chi connectivity index (χ3v) is 7.24. The topological polar surface area (TPSA) is 32.3 Å². The van der Waals surface area contributed by atoms with E-state index in [9.17, 15) is 5.11 Å². The van der Waals surface area contributed by atoms with Crippen LogP contribution in [0, 0.1) is 17.3 Å². The summed E-state index contributed by atoms with van der Waals surface area (Å²) in [4.78, 5) is 0. The first kappa shape index (κ1) is 16.9. The molecule has 0 spiro atoms. The maximum absolute atomic E-state index is 11.0. The molecule has 5 rings (SSSR count). The van der Waals surface area contributed by atoms with Gasteiger partial charge in [-0.3, -0.25) is 0 Å². The van der Waals surface area contributed by atoms with Crippen LogP contribution in [-0.4, -0.2) is 22.8 Å². The van der Waals surface area contributed by atoms with Gasteiger partial charge < -0.3 is 10.4 Å². The second-order valence-electron chi connectivity index (χ2n) is 9.17. The molecule has 4 atom stereocenters. The lowest BCUT2D eigenvalue weighted by molar-refractivity contribution is -0.172. The van der Waals surface area contributed by atoms with E-state index in [0.29, 0.717) is 17.5 Å². The molecule has 3 heteroatoms. The lowest BCUT2D eigenvalue weighted by atomic mass is 9.46. The van der Waals surface area contributed by atoms with Crippen LogP contribution in [0.1, 0.15) is 57.9 Å². The highest BCUT2D eigenvalue weighted by molar-refractivity contribution is 6.30. The first-order valence-corrected chi connectivity index (χ1v) is 9.97. The second kappa shape index (κ2) is 6.00. The van der Waals surface area contributed by atoms with Crippen molar-refractivity contribution in [3.63, 3.8) is 0 Å². The summed E-state index contributed by atoms with van der Waals surface area (Å²) in [6.45, 7) is 4.63. The Morgan fingerprint density at radius 1 is 1.12 bits per heavy atom. The fourth-order valence-electron chi connectivity index (χ4n) is 6.43. The minimum Gasteiger partial charge on any atom is -0.390 e. The van der Waals surface area contributed by atoms with Gasteiger partial charge in [0.05, 0.1) is 5.60 Å². The summed E-state index contributed by atoms with van der Waals surface area (Å²) in [6, 6.07) is 9.10. The first-order chi connectivity index (χ1) is 11.4. The zero-order valence-corrected chi connectivity index (χ0v) is 15.6. The van der Waals surface area contributed by atoms with Crippen molar-refractivity contribution in [1.82, 2.24) is 5.32 Å². The van der Waals surface area contributed by atoms with Gasteiger partial charge in [0, 0.05) is 17.1 Å². The van der Waals surface area contributed by atoms with Gasteiger partial charge in [-0.25, -0.2) is 0 Å². The van der Waals surface area contributed by atoms with Crippen LogP contribution in [0.15, 0.2) is 24.3 Å². The summed E-state index contributed by atoms with van der Waals surface area (Å²) in [5, 5.41) is 15.6. The van der Waals surface area contributed by atoms with E-state index in [2.05, 4.69) is 31.3 Å². The van der Waals surface area contributed by atoms with E-state index in [1.807, 2.05) is 12.1 Å². The van der Waals surface area contributed by atoms with Gasteiger partial charge in [-0.1, -0.05) is 23.7 Å². The molecule has 0 aliphatic heterocycles. The van der Waals surface area contributed by atoms with Gasteiger partial charge in [-0.2, -0.15) is 0 Å². The third kappa shape index (κ3) is 3.13. The van der Waals surface area contributed by atoms with Gasteiger partial charge in [-0.15, -0.1) is 0 Å². The van der Waals surface area contributed by atoms with Crippen LogP contribution in [-0.2, 0) is 6.42 Å². The lowest BCUT2D eigenvalue weighted by Crippen LogP contribution is -2.62. The highest BCUT2D eigenvalue weighted by Crippen LogP contribution is 2.62. The third-order valence-electron chi connectivity index (χ3n) is 6.98. The maximum atomic E-state index is 11.0. The number of benzene rings is 1. The van der Waals surface area contributed by atoms with Crippen molar-refractivity contribution in [2.75, 3.05) is 0 Å². The Balaban J connectivity index is 1.42. The molecule has 4 fully saturated rings. The Hall–Kier alpha value is -0.570. The van der Waals surface area contributed by atoms with Gasteiger partial charge in [-0.05, 0) is 93.7 Å². The van der Waals surface area contributed by atoms with Crippen molar-refractivity contribution in [1.29, 1.82) is 0 Å². The molecule has 0 amide bonds. The zero-order valence-electron chi connectivity index (χ0n) is 14.9. The molecule has 1 aromatic rings. The van der Waals surface area contributed by atoms with Gasteiger partial charge in [0.1, 0.15) is 0 Å². The van der Waals surface area contributed by atoms with Crippen molar-refractivity contribution in [3.8, 4) is 0 Å². The number of rotatable bonds is 5. The average molecular weight is 348 g/mol. The van der Waals surface area contributed by atoms with Crippen molar-refractivity contribution in [2.45, 2.75) is 76.5 Å². The van der Waals surface area contributed by atoms with Gasteiger partial charge in [0.25, 0.3) is 0 Å². The second-order valence-corrected chi connectivity index (χ2v) is 9.60. The highest BCUT2D eigenvalue weighted by Gasteiger charge is 2.58. The van der Waals surface area contributed by atoms with E-state index >= 15 is 0 Å². The Bertz CT molecular complexity index is 584. The number of nitrogens with one attached hydrogen (secondary N) is 1. The Morgan fingerprint density at radius 2 is 1.75 bits per heavy atom. The van der Waals surface area contributed by atoms with Crippen LogP contribution in [0.3, 0.4) is 0 Å². The molecule has 0 saturated heterocycles. The minimum absolute atomic E-state index is 0.313. The molecule has 4 saturated carbocycles. The van der Waals surface area contributed by atoms with E-state index in [0.717, 1.165) is 42.5 Å². The van der Waals surface area contributed by atoms with E-state index in [4.69, 9.17) is 11.6 Å². The van der Waals surface area contributed by atoms with E-state index in [-0.39, 0.29) is 5.60 Å². The molecule has 0 aromatic heterocycles. The van der Waals surface area contributed by atoms with E-state index in [1.165, 1.54) is 24.8 Å². The smallest absolute Gasteiger partial charge is 0.0659 e. The Labute approximate surface area is 151 Å². The summed E-state index contributed by atoms with van der Waals surface area (Å²) in [6.07, 6.45) is 8.12. The van der Waals surface area contributed by atoms with Crippen LogP contribution in [0.5, 0.6) is 0 Å². The number of hydrogen-bond acceptors (Lipinski definition) is 2. The van der Waals surface area contributed by atoms with Crippen molar-refractivity contribution in [3.05, 3.63) is 34.9 Å². The maximum Gasteiger partial charge on any atom is 0.0659 e. The largest absolute Gasteiger partial charge is 0.390 e. The van der Waals surface area contributed by atoms with Gasteiger partial charge in [0.15, 0.2) is 0 Å². The predicted octanol–water partition coefficient (Wildman–Crippen LogP) is 4.58. The van der Waals surface area contributed by atoms with E-state index in [1.54, 1.807) is 0 Å². The normalized spacial score (nSPS) is 39.8. The zero-order chi connectivity index (χ0) is 16.9. The summed E-state index contributed by atoms with van der Waals surface area (Å²) in [7, 11) is 0. The van der Waals surface area contributed by atoms with Crippen LogP contribution in [0.2, 0.25) is 5.02 Å². The average Bonchev–Trinajstić information content (AvgIpc) is 2.47. The molecule has 0 heterocycles. The summed E-state index contributed by atoms with van der Waals surface area (Å²) in [5.74, 6) is 1.51. The molecule has 0 unspecified atom stereocenters. The van der Waals surface area contributed by atoms with E-state index < -0.39 is 0 Å². The Morgan fingerprint density at radius 3 is 2.33 bits per heavy atom. The molecular formula is C21H30ClNO. The number of halogens is 1. The van der Waals surface area contributed by atoms with Crippen LogP contribution >= 0.6 is 11.6 Å². The van der Waals surface area contributed by atoms with Crippen molar-refractivity contribution >= 4 is 11.6 Å². The van der Waals surface area contributed by atoms with Gasteiger partial charge in [0.2, 0.25) is 0 Å². The summed E-state index contributed by atoms with van der Waals surface area (Å²) in [5.41, 5.74) is 1.28. The van der Waals surface area contributed by atoms with Crippen LogP contribution in [0.4, 0.5) is 0 Å². The minimum atomic E-state index is -0.362. The lowest BCUT2D eigenvalue weighted by Gasteiger charge is -2.62. The molecule has 4 aliphatic carbocycles. The highest BCUT2D eigenvalue weighted by atomic mass is 35.5. The quantitative estimate of drug-likeness (QED) is 0.817. The molecule has 0 radical (unpaired) electrons. The van der Waals surface area contributed by atoms with Crippen LogP contribution in [0.25, 0.3) is 0 Å². The van der Waals surface area contributed by atoms with Crippen molar-refractivity contribution in [2.24, 2.45) is 17.3 Å². The fraction of sp³-hybridized carbons (Fsp3) is 0.714. The van der Waals surface area contributed by atoms with Crippen LogP contribution < -0.4 is 5.32 Å². The molecule has 4 aliphatic rings. The van der Waals surface area contributed by atoms with Gasteiger partial charge >= 0.3 is 0 Å². The SMILES string of the molecule is C[C@@H](Cc1ccc(Cl)cc1)N[C@H](C)C12C[C@@H]3C[C@H](CC(O)(C3)C1)C2. The molecule has 4 bridgehead atoms. The fourth-order valence-corrected chi connectivity index (χ4v) is 6.55. The predicted molar refractivity (Wildman–Crippen MR) is 99.3 cm³/mol. The first-order valence-electron chi connectivity index (χ1n) is 9.59.